The Morgan fingerprint density at radius 3 is 2.50 bits per heavy atom. The highest BCUT2D eigenvalue weighted by Gasteiger charge is 2.07. The van der Waals surface area contributed by atoms with Gasteiger partial charge in [-0.2, -0.15) is 5.10 Å². The monoisotopic (exact) mass is 499 g/mol. The second kappa shape index (κ2) is 11.9. The van der Waals surface area contributed by atoms with Crippen molar-refractivity contribution in [2.75, 3.05) is 18.5 Å². The smallest absolute Gasteiger partial charge is 0.259 e. The average molecular weight is 500 g/mol. The molecule has 8 heteroatoms. The summed E-state index contributed by atoms with van der Waals surface area (Å²) < 4.78 is 25.5. The van der Waals surface area contributed by atoms with Crippen molar-refractivity contribution in [2.45, 2.75) is 13.5 Å². The van der Waals surface area contributed by atoms with Gasteiger partial charge in [0.2, 0.25) is 0 Å². The van der Waals surface area contributed by atoms with Gasteiger partial charge in [-0.05, 0) is 72.6 Å². The van der Waals surface area contributed by atoms with Crippen molar-refractivity contribution in [3.63, 3.8) is 0 Å². The van der Waals surface area contributed by atoms with Crippen LogP contribution in [0.4, 0.5) is 10.1 Å². The highest BCUT2D eigenvalue weighted by Crippen LogP contribution is 2.29. The molecule has 32 heavy (non-hydrogen) atoms. The Morgan fingerprint density at radius 2 is 1.78 bits per heavy atom. The minimum atomic E-state index is -0.333. The Kier molecular flexibility index (Phi) is 8.62. The minimum absolute atomic E-state index is 0.00992. The van der Waals surface area contributed by atoms with Gasteiger partial charge in [-0.1, -0.05) is 28.1 Å². The number of benzene rings is 3. The van der Waals surface area contributed by atoms with E-state index in [1.807, 2.05) is 43.3 Å². The fraction of sp³-hybridized carbons (Fsp3) is 0.167. The first kappa shape index (κ1) is 23.3. The predicted octanol–water partition coefficient (Wildman–Crippen LogP) is 5.13. The second-order valence-electron chi connectivity index (χ2n) is 6.71. The average Bonchev–Trinajstić information content (AvgIpc) is 2.79. The molecular weight excluding hydrogens is 477 g/mol. The fourth-order valence-electron chi connectivity index (χ4n) is 2.70. The van der Waals surface area contributed by atoms with Crippen LogP contribution >= 0.6 is 15.9 Å². The van der Waals surface area contributed by atoms with E-state index in [0.29, 0.717) is 30.4 Å². The van der Waals surface area contributed by atoms with Crippen molar-refractivity contribution < 1.29 is 18.7 Å². The lowest BCUT2D eigenvalue weighted by Gasteiger charge is -2.12. The van der Waals surface area contributed by atoms with Gasteiger partial charge in [0.05, 0.1) is 19.4 Å². The van der Waals surface area contributed by atoms with E-state index in [0.717, 1.165) is 15.6 Å². The Hall–Kier alpha value is -3.39. The van der Waals surface area contributed by atoms with E-state index < -0.39 is 0 Å². The summed E-state index contributed by atoms with van der Waals surface area (Å²) in [6.07, 6.45) is 1.52. The Balaban J connectivity index is 1.54. The molecule has 0 radical (unpaired) electrons. The number of hydrogen-bond acceptors (Lipinski definition) is 5. The van der Waals surface area contributed by atoms with Crippen LogP contribution in [0.1, 0.15) is 18.1 Å². The topological polar surface area (TPSA) is 72.0 Å². The van der Waals surface area contributed by atoms with Crippen LogP contribution in [0.15, 0.2) is 76.3 Å². The number of hydrogen-bond donors (Lipinski definition) is 2. The maximum absolute atomic E-state index is 12.9. The molecule has 0 saturated carbocycles. The Labute approximate surface area is 194 Å². The molecule has 1 amide bonds. The number of nitrogens with one attached hydrogen (secondary N) is 2. The summed E-state index contributed by atoms with van der Waals surface area (Å²) >= 11 is 3.42. The lowest BCUT2D eigenvalue weighted by molar-refractivity contribution is -0.119. The number of carbonyl (C=O) groups is 1. The molecule has 2 N–H and O–H groups in total. The third kappa shape index (κ3) is 7.39. The van der Waals surface area contributed by atoms with E-state index in [2.05, 4.69) is 31.8 Å². The molecule has 0 aromatic heterocycles. The molecule has 0 aliphatic rings. The van der Waals surface area contributed by atoms with Gasteiger partial charge in [0.15, 0.2) is 11.5 Å². The molecule has 0 spiro atoms. The summed E-state index contributed by atoms with van der Waals surface area (Å²) in [4.78, 5) is 11.9. The molecule has 0 unspecified atom stereocenters. The molecule has 6 nitrogen and oxygen atoms in total. The zero-order chi connectivity index (χ0) is 22.8. The summed E-state index contributed by atoms with van der Waals surface area (Å²) in [5, 5.41) is 6.87. The van der Waals surface area contributed by atoms with Gasteiger partial charge in [-0.25, -0.2) is 9.82 Å². The number of halogens is 2. The van der Waals surface area contributed by atoms with Gasteiger partial charge in [-0.15, -0.1) is 0 Å². The summed E-state index contributed by atoms with van der Waals surface area (Å²) in [7, 11) is 0. The summed E-state index contributed by atoms with van der Waals surface area (Å²) in [5.41, 5.74) is 4.88. The molecule has 3 aromatic carbocycles. The minimum Gasteiger partial charge on any atom is -0.490 e. The number of rotatable bonds is 10. The molecule has 0 aliphatic heterocycles. The van der Waals surface area contributed by atoms with E-state index in [1.54, 1.807) is 18.2 Å². The predicted molar refractivity (Wildman–Crippen MR) is 127 cm³/mol. The van der Waals surface area contributed by atoms with Gasteiger partial charge >= 0.3 is 0 Å². The van der Waals surface area contributed by atoms with Crippen molar-refractivity contribution in [1.82, 2.24) is 5.43 Å². The van der Waals surface area contributed by atoms with Crippen molar-refractivity contribution in [3.05, 3.63) is 88.1 Å². The van der Waals surface area contributed by atoms with Crippen LogP contribution < -0.4 is 20.2 Å². The van der Waals surface area contributed by atoms with Gasteiger partial charge in [0, 0.05) is 10.2 Å². The second-order valence-corrected chi connectivity index (χ2v) is 7.62. The number of ether oxygens (including phenoxy) is 2. The maximum atomic E-state index is 12.9. The SMILES string of the molecule is CCOc1cc(/C=N\NC(=O)CNc2ccc(F)cc2)ccc1OCc1ccc(Br)cc1. The first-order valence-electron chi connectivity index (χ1n) is 9.99. The Bertz CT molecular complexity index is 1060. The van der Waals surface area contributed by atoms with Crippen molar-refractivity contribution >= 4 is 33.7 Å². The number of amides is 1. The van der Waals surface area contributed by atoms with E-state index in [9.17, 15) is 9.18 Å². The van der Waals surface area contributed by atoms with E-state index in [4.69, 9.17) is 9.47 Å². The summed E-state index contributed by atoms with van der Waals surface area (Å²) in [6, 6.07) is 19.1. The molecule has 0 atom stereocenters. The van der Waals surface area contributed by atoms with Crippen LogP contribution in [0.25, 0.3) is 0 Å². The molecule has 3 aromatic rings. The number of anilines is 1. The fourth-order valence-corrected chi connectivity index (χ4v) is 2.97. The molecule has 3 rings (SSSR count). The zero-order valence-corrected chi connectivity index (χ0v) is 19.1. The quantitative estimate of drug-likeness (QED) is 0.299. The molecule has 0 bridgehead atoms. The Morgan fingerprint density at radius 1 is 1.03 bits per heavy atom. The normalized spacial score (nSPS) is 10.7. The first-order valence-corrected chi connectivity index (χ1v) is 10.8. The van der Waals surface area contributed by atoms with Crippen LogP contribution in [0, 0.1) is 5.82 Å². The lowest BCUT2D eigenvalue weighted by Crippen LogP contribution is -2.25. The maximum Gasteiger partial charge on any atom is 0.259 e. The van der Waals surface area contributed by atoms with E-state index in [1.165, 1.54) is 18.3 Å². The highest BCUT2D eigenvalue weighted by atomic mass is 79.9. The molecule has 0 saturated heterocycles. The van der Waals surface area contributed by atoms with Crippen LogP contribution in [0.3, 0.4) is 0 Å². The summed E-state index contributed by atoms with van der Waals surface area (Å²) in [5.74, 6) is 0.558. The zero-order valence-electron chi connectivity index (χ0n) is 17.5. The van der Waals surface area contributed by atoms with Gasteiger partial charge in [0.25, 0.3) is 5.91 Å². The molecule has 0 fully saturated rings. The van der Waals surface area contributed by atoms with Crippen LogP contribution in [-0.4, -0.2) is 25.3 Å². The van der Waals surface area contributed by atoms with Crippen LogP contribution in [0.5, 0.6) is 11.5 Å². The number of hydrazone groups is 1. The van der Waals surface area contributed by atoms with E-state index in [-0.39, 0.29) is 18.3 Å². The summed E-state index contributed by atoms with van der Waals surface area (Å²) in [6.45, 7) is 2.81. The standard InChI is InChI=1S/C24H23BrFN3O3/c1-2-31-23-13-18(5-12-22(23)32-16-17-3-6-19(25)7-4-17)14-28-29-24(30)15-27-21-10-8-20(26)9-11-21/h3-14,27H,2,15-16H2,1H3,(H,29,30)/b28-14-. The molecular formula is C24H23BrFN3O3. The number of carbonyl (C=O) groups excluding carboxylic acids is 1. The van der Waals surface area contributed by atoms with E-state index >= 15 is 0 Å². The third-order valence-corrected chi connectivity index (χ3v) is 4.80. The highest BCUT2D eigenvalue weighted by molar-refractivity contribution is 9.10. The largest absolute Gasteiger partial charge is 0.490 e. The van der Waals surface area contributed by atoms with Gasteiger partial charge in [0.1, 0.15) is 12.4 Å². The van der Waals surface area contributed by atoms with Crippen molar-refractivity contribution in [2.24, 2.45) is 5.10 Å². The van der Waals surface area contributed by atoms with Crippen LogP contribution in [-0.2, 0) is 11.4 Å². The van der Waals surface area contributed by atoms with Gasteiger partial charge in [-0.3, -0.25) is 4.79 Å². The van der Waals surface area contributed by atoms with Crippen LogP contribution in [0.2, 0.25) is 0 Å². The number of nitrogens with zero attached hydrogens (tertiary/aromatic N) is 1. The third-order valence-electron chi connectivity index (χ3n) is 4.28. The first-order chi connectivity index (χ1) is 15.5. The molecule has 0 heterocycles. The van der Waals surface area contributed by atoms with Crippen molar-refractivity contribution in [1.29, 1.82) is 0 Å². The lowest BCUT2D eigenvalue weighted by atomic mass is 10.2. The van der Waals surface area contributed by atoms with Crippen molar-refractivity contribution in [3.8, 4) is 11.5 Å². The molecule has 0 aliphatic carbocycles. The molecule has 166 valence electrons. The van der Waals surface area contributed by atoms with Gasteiger partial charge < -0.3 is 14.8 Å².